The van der Waals surface area contributed by atoms with Crippen LogP contribution in [0, 0.1) is 23.7 Å². The number of carbonyl (C=O) groups excluding carboxylic acids is 6. The molecule has 3 radical (unpaired) electrons. The summed E-state index contributed by atoms with van der Waals surface area (Å²) in [6, 6.07) is 21.8. The molecule has 2 amide bonds. The van der Waals surface area contributed by atoms with Gasteiger partial charge in [0.05, 0.1) is 79.0 Å². The molecule has 10 atom stereocenters. The van der Waals surface area contributed by atoms with Gasteiger partial charge < -0.3 is 106 Å². The van der Waals surface area contributed by atoms with Crippen molar-refractivity contribution in [2.75, 3.05) is 107 Å². The number of sulfonamides is 2. The maximum Gasteiger partial charge on any atom is 1.00 e. The molecule has 6 aliphatic rings. The second-order valence-corrected chi connectivity index (χ2v) is 30.0. The molecule has 0 bridgehead atoms. The van der Waals surface area contributed by atoms with Gasteiger partial charge in [-0.2, -0.15) is 8.61 Å². The molecular formula is C70H99BN6NaO27S2. The van der Waals surface area contributed by atoms with E-state index < -0.39 is 86.6 Å². The number of ether oxygens (including phenoxy) is 12. The van der Waals surface area contributed by atoms with Gasteiger partial charge in [-0.1, -0.05) is 52.0 Å². The summed E-state index contributed by atoms with van der Waals surface area (Å²) >= 11 is 0. The van der Waals surface area contributed by atoms with Crippen LogP contribution >= 0.6 is 0 Å². The molecule has 6 aliphatic heterocycles. The van der Waals surface area contributed by atoms with Gasteiger partial charge >= 0.3 is 53.7 Å². The second-order valence-electron chi connectivity index (χ2n) is 26.1. The molecule has 587 valence electrons. The molecule has 4 saturated heterocycles. The number of likely N-dealkylation sites (N-methyl/N-ethyl adjacent to an activating group) is 1. The molecule has 37 heteroatoms. The van der Waals surface area contributed by atoms with Crippen LogP contribution in [0.4, 0.5) is 9.59 Å². The van der Waals surface area contributed by atoms with E-state index in [4.69, 9.17) is 67.4 Å². The maximum absolute atomic E-state index is 13.9. The molecule has 0 aliphatic carbocycles. The Morgan fingerprint density at radius 2 is 0.963 bits per heavy atom. The second kappa shape index (κ2) is 45.1. The van der Waals surface area contributed by atoms with E-state index in [-0.39, 0.29) is 141 Å². The number of alkyl carbamates (subject to hydrolysis) is 2. The van der Waals surface area contributed by atoms with Crippen LogP contribution in [0.25, 0.3) is 0 Å². The number of fused-ring (bicyclic) bond motifs is 4. The van der Waals surface area contributed by atoms with Crippen molar-refractivity contribution in [1.29, 1.82) is 0 Å². The van der Waals surface area contributed by atoms with Gasteiger partial charge in [-0.3, -0.25) is 4.79 Å². The first kappa shape index (κ1) is 90.5. The third-order valence-corrected chi connectivity index (χ3v) is 20.2. The molecular weight excluding hydrogens is 1450 g/mol. The SMILES string of the molecule is C=O.CC(=O)OOC(C)=O.CC(C)CN(C[C@@H](O)[C@H](Cc1ccc(OCCCN)cc1)NC(=O)O[C@@H]1CO[C@H]2OCC[C@H]21)S(=O)(=O)c1ccc2c(c1)OCO2.CC(C)CN(C[C@@H](O)[C@H](Cc1ccc(OCCN(C)C)cc1)NC(=O)O[C@@H]1CO[C@H]2OCC[C@H]21)S(=O)(=O)c1ccc2c(c1)OCO2.[B-]OC(C)=O.[Na+]. The number of nitrogens with zero attached hydrogens (tertiary/aromatic N) is 3. The van der Waals surface area contributed by atoms with Crippen LogP contribution in [0.1, 0.15) is 78.9 Å². The van der Waals surface area contributed by atoms with Crippen LogP contribution in [0.5, 0.6) is 34.5 Å². The van der Waals surface area contributed by atoms with E-state index in [1.54, 1.807) is 24.3 Å². The Morgan fingerprint density at radius 3 is 1.32 bits per heavy atom. The van der Waals surface area contributed by atoms with Crippen molar-refractivity contribution in [2.24, 2.45) is 29.4 Å². The Balaban J connectivity index is 0.000000320. The van der Waals surface area contributed by atoms with Crippen molar-refractivity contribution in [2.45, 2.75) is 139 Å². The van der Waals surface area contributed by atoms with E-state index in [1.165, 1.54) is 39.8 Å². The minimum absolute atomic E-state index is 0. The number of hydrogen-bond acceptors (Lipinski definition) is 29. The van der Waals surface area contributed by atoms with Crippen LogP contribution in [0.3, 0.4) is 0 Å². The van der Waals surface area contributed by atoms with Gasteiger partial charge in [0.25, 0.3) is 0 Å². The number of benzene rings is 4. The molecule has 0 spiro atoms. The van der Waals surface area contributed by atoms with E-state index in [0.717, 1.165) is 50.8 Å². The topological polar surface area (TPSA) is 409 Å². The number of aliphatic hydroxyl groups is 2. The average Bonchev–Trinajstić information content (AvgIpc) is 1.73. The van der Waals surface area contributed by atoms with Crippen LogP contribution in [0.2, 0.25) is 0 Å². The zero-order chi connectivity index (χ0) is 77.7. The Morgan fingerprint density at radius 1 is 0.579 bits per heavy atom. The van der Waals surface area contributed by atoms with Crippen LogP contribution in [-0.4, -0.2) is 241 Å². The number of aliphatic hydroxyl groups excluding tert-OH is 2. The molecule has 10 rings (SSSR count). The van der Waals surface area contributed by atoms with Gasteiger partial charge in [-0.25, -0.2) is 45.8 Å². The van der Waals surface area contributed by atoms with Gasteiger partial charge in [-0.05, 0) is 124 Å². The Hall–Kier alpha value is -7.14. The number of carbonyl (C=O) groups is 6. The van der Waals surface area contributed by atoms with Gasteiger partial charge in [0.2, 0.25) is 39.6 Å². The fourth-order valence-corrected chi connectivity index (χ4v) is 14.7. The van der Waals surface area contributed by atoms with E-state index in [2.05, 4.69) is 33.1 Å². The van der Waals surface area contributed by atoms with Gasteiger partial charge in [0, 0.05) is 65.6 Å². The smallest absolute Gasteiger partial charge is 0.793 e. The van der Waals surface area contributed by atoms with Crippen molar-refractivity contribution in [1.82, 2.24) is 24.1 Å². The van der Waals surface area contributed by atoms with Crippen molar-refractivity contribution < 1.29 is 157 Å². The molecule has 0 saturated carbocycles. The molecule has 6 heterocycles. The summed E-state index contributed by atoms with van der Waals surface area (Å²) in [4.78, 5) is 73.2. The van der Waals surface area contributed by atoms with Crippen molar-refractivity contribution in [3.8, 4) is 34.5 Å². The number of rotatable bonds is 30. The Labute approximate surface area is 647 Å². The zero-order valence-corrected chi connectivity index (χ0v) is 65.7. The van der Waals surface area contributed by atoms with Gasteiger partial charge in [-0.15, -0.1) is 0 Å². The summed E-state index contributed by atoms with van der Waals surface area (Å²) in [5, 5.41) is 28.8. The third kappa shape index (κ3) is 29.0. The Bertz CT molecular complexity index is 3650. The normalized spacial score (nSPS) is 19.6. The summed E-state index contributed by atoms with van der Waals surface area (Å²) in [5.74, 6) is 1.03. The quantitative estimate of drug-likeness (QED) is 0.0212. The van der Waals surface area contributed by atoms with Gasteiger partial charge in [0.15, 0.2) is 35.6 Å². The van der Waals surface area contributed by atoms with E-state index in [1.807, 2.05) is 89.9 Å². The summed E-state index contributed by atoms with van der Waals surface area (Å²) in [6.45, 7) is 16.7. The zero-order valence-electron chi connectivity index (χ0n) is 62.1. The summed E-state index contributed by atoms with van der Waals surface area (Å²) in [5.41, 5.74) is 7.16. The first-order valence-electron chi connectivity index (χ1n) is 34.4. The Kier molecular flexibility index (Phi) is 38.2. The molecule has 4 fully saturated rings. The van der Waals surface area contributed by atoms with Crippen LogP contribution in [-0.2, 0) is 94.9 Å². The van der Waals surface area contributed by atoms with Crippen LogP contribution < -0.4 is 74.3 Å². The minimum Gasteiger partial charge on any atom is -0.793 e. The van der Waals surface area contributed by atoms with E-state index >= 15 is 0 Å². The first-order valence-corrected chi connectivity index (χ1v) is 37.3. The van der Waals surface area contributed by atoms with Crippen molar-refractivity contribution in [3.63, 3.8) is 0 Å². The number of nitrogens with two attached hydrogens (primary N) is 1. The molecule has 33 nitrogen and oxygen atoms in total. The standard InChI is InChI=1S/C32H45N3O10S.C31H43N3O10S.C4H6O4.C2H3BO2.CH2O.Na/c1-21(2)17-35(46(38,39)24-9-10-28-29(16-24)44-20-43-28)18-27(36)26(15-22-5-7-23(8-6-22)40-14-12-34(3)4)33-32(37)45-30-19-42-31-25(30)11-13-41-31;1-20(2)16-34(45(37,38)23-8-9-27-28(15-23)43-19-42-27)17-26(35)25(14-21-4-6-22(7-5-21)39-12-3-11-32)33-31(36)44-29-18-41-30-24(29)10-13-40-30;1-3(5)7-8-4(2)6;1-2(4)5-3;1-2;/h5-10,16,21,25-27,30-31,36H,11-15,17-20H2,1-4H3,(H,33,37);4-9,15,20,24-26,29-30,35H,3,10-14,16-19,32H2,1-2H3,(H,33,36);1-2H3;1H3;1H2;/q;;;-1;;+1/t25-,26-,27+,30+,31+;24-,25-,26+,29+,30+;;;;/m00..../s1. The largest absolute Gasteiger partial charge is 1.00 e. The summed E-state index contributed by atoms with van der Waals surface area (Å²) in [7, 11) is 0.154. The van der Waals surface area contributed by atoms with E-state index in [9.17, 15) is 51.0 Å². The van der Waals surface area contributed by atoms with Gasteiger partial charge in [0.1, 0.15) is 37.1 Å². The number of amides is 2. The molecule has 107 heavy (non-hydrogen) atoms. The molecule has 0 unspecified atom stereocenters. The minimum atomic E-state index is -4.05. The molecule has 4 aromatic carbocycles. The summed E-state index contributed by atoms with van der Waals surface area (Å²) < 4.78 is 128. The predicted molar refractivity (Wildman–Crippen MR) is 378 cm³/mol. The van der Waals surface area contributed by atoms with Crippen molar-refractivity contribution in [3.05, 3.63) is 96.1 Å². The molecule has 4 aromatic rings. The number of hydrogen-bond donors (Lipinski definition) is 5. The monoisotopic (exact) mass is 1550 g/mol. The fourth-order valence-electron chi connectivity index (χ4n) is 11.4. The summed E-state index contributed by atoms with van der Waals surface area (Å²) in [6.07, 6.45) is -3.17. The fraction of sp³-hybridized carbons (Fsp3) is 0.571. The maximum atomic E-state index is 13.9. The third-order valence-electron chi connectivity index (χ3n) is 16.5. The molecule has 6 N–H and O–H groups in total. The average molecular weight is 1550 g/mol. The molecule has 0 aromatic heterocycles. The van der Waals surface area contributed by atoms with E-state index in [0.29, 0.717) is 67.5 Å². The van der Waals surface area contributed by atoms with Crippen molar-refractivity contribution >= 4 is 65.0 Å². The predicted octanol–water partition coefficient (Wildman–Crippen LogP) is 1.19. The first-order chi connectivity index (χ1) is 50.5. The number of nitrogens with one attached hydrogen (secondary N) is 2. The van der Waals surface area contributed by atoms with Crippen LogP contribution in [0.15, 0.2) is 94.7 Å².